The van der Waals surface area contributed by atoms with Crippen molar-refractivity contribution in [3.63, 3.8) is 0 Å². The molecule has 4 saturated carbocycles. The molecule has 6 rings (SSSR count). The molecule has 144 valence electrons. The summed E-state index contributed by atoms with van der Waals surface area (Å²) in [5.74, 6) is 4.70. The molecule has 4 bridgehead atoms. The number of carbonyl (C=O) groups is 1. The smallest absolute Gasteiger partial charge is 0.259 e. The Kier molecular flexibility index (Phi) is 4.28. The van der Waals surface area contributed by atoms with E-state index >= 15 is 0 Å². The monoisotopic (exact) mass is 402 g/mol. The molecule has 2 heterocycles. The van der Waals surface area contributed by atoms with Crippen molar-refractivity contribution in [2.24, 2.45) is 23.2 Å². The summed E-state index contributed by atoms with van der Waals surface area (Å²) in [6.07, 6.45) is 7.49. The van der Waals surface area contributed by atoms with Gasteiger partial charge in [-0.3, -0.25) is 9.59 Å². The Morgan fingerprint density at radius 2 is 1.81 bits per heavy atom. The molecule has 2 aromatic heterocycles. The van der Waals surface area contributed by atoms with E-state index in [-0.39, 0.29) is 11.0 Å². The van der Waals surface area contributed by atoms with Crippen LogP contribution < -0.4 is 5.56 Å². The van der Waals surface area contributed by atoms with Crippen molar-refractivity contribution in [3.05, 3.63) is 26.6 Å². The van der Waals surface area contributed by atoms with Crippen LogP contribution in [0.15, 0.2) is 4.79 Å². The number of Topliss-reactive ketones (excluding diaryl/α,β-unsaturated/α-hetero) is 1. The lowest BCUT2D eigenvalue weighted by molar-refractivity contribution is -0.141. The molecule has 27 heavy (non-hydrogen) atoms. The maximum atomic E-state index is 13.1. The van der Waals surface area contributed by atoms with E-state index in [1.54, 1.807) is 23.1 Å². The number of hydrogen-bond donors (Lipinski definition) is 1. The van der Waals surface area contributed by atoms with E-state index < -0.39 is 0 Å². The van der Waals surface area contributed by atoms with E-state index in [4.69, 9.17) is 0 Å². The van der Waals surface area contributed by atoms with Gasteiger partial charge in [0, 0.05) is 10.3 Å². The van der Waals surface area contributed by atoms with Gasteiger partial charge >= 0.3 is 0 Å². The number of aromatic nitrogens is 2. The molecule has 0 unspecified atom stereocenters. The summed E-state index contributed by atoms with van der Waals surface area (Å²) < 4.78 is 0. The summed E-state index contributed by atoms with van der Waals surface area (Å²) in [6.45, 7) is 4.00. The van der Waals surface area contributed by atoms with Gasteiger partial charge in [0.1, 0.15) is 16.4 Å². The minimum absolute atomic E-state index is 0.0193. The number of nitrogens with zero attached hydrogens (tertiary/aromatic N) is 1. The lowest BCUT2D eigenvalue weighted by atomic mass is 9.48. The van der Waals surface area contributed by atoms with E-state index in [1.807, 2.05) is 13.8 Å². The lowest BCUT2D eigenvalue weighted by Gasteiger charge is -2.56. The number of hydrogen-bond acceptors (Lipinski definition) is 5. The number of carbonyl (C=O) groups excluding carboxylic acids is 1. The number of aromatic amines is 1. The molecule has 4 aliphatic rings. The summed E-state index contributed by atoms with van der Waals surface area (Å²) in [5.41, 5.74) is 0.957. The highest BCUT2D eigenvalue weighted by Gasteiger charge is 2.53. The van der Waals surface area contributed by atoms with Gasteiger partial charge in [-0.25, -0.2) is 4.98 Å². The van der Waals surface area contributed by atoms with Gasteiger partial charge < -0.3 is 4.98 Å². The minimum atomic E-state index is -0.0511. The molecule has 0 amide bonds. The number of rotatable bonds is 5. The molecule has 0 atom stereocenters. The first-order valence-electron chi connectivity index (χ1n) is 10.0. The Bertz CT molecular complexity index is 939. The molecular formula is C21H26N2O2S2. The second-order valence-electron chi connectivity index (χ2n) is 9.09. The molecule has 1 N–H and O–H groups in total. The van der Waals surface area contributed by atoms with E-state index in [1.165, 1.54) is 19.3 Å². The van der Waals surface area contributed by atoms with Crippen LogP contribution in [0.1, 0.15) is 54.8 Å². The summed E-state index contributed by atoms with van der Waals surface area (Å²) in [5, 5.41) is 0.718. The van der Waals surface area contributed by atoms with E-state index in [9.17, 15) is 9.59 Å². The predicted octanol–water partition coefficient (Wildman–Crippen LogP) is 4.62. The summed E-state index contributed by atoms with van der Waals surface area (Å²) in [6, 6.07) is 0. The van der Waals surface area contributed by atoms with Gasteiger partial charge in [-0.1, -0.05) is 0 Å². The van der Waals surface area contributed by atoms with Crippen LogP contribution in [0.4, 0.5) is 0 Å². The first-order chi connectivity index (χ1) is 12.9. The molecule has 0 saturated heterocycles. The number of nitrogens with one attached hydrogen (secondary N) is 1. The van der Waals surface area contributed by atoms with E-state index in [2.05, 4.69) is 9.97 Å². The number of fused-ring (bicyclic) bond motifs is 1. The van der Waals surface area contributed by atoms with Crippen LogP contribution in [-0.4, -0.2) is 21.5 Å². The summed E-state index contributed by atoms with van der Waals surface area (Å²) in [7, 11) is 0. The van der Waals surface area contributed by atoms with Gasteiger partial charge in [-0.05, 0) is 75.7 Å². The van der Waals surface area contributed by atoms with Gasteiger partial charge in [0.2, 0.25) is 0 Å². The van der Waals surface area contributed by atoms with Gasteiger partial charge in [-0.2, -0.15) is 0 Å². The third-order valence-electron chi connectivity index (χ3n) is 7.19. The van der Waals surface area contributed by atoms with Crippen molar-refractivity contribution in [1.82, 2.24) is 9.97 Å². The number of thiophene rings is 1. The summed E-state index contributed by atoms with van der Waals surface area (Å²) in [4.78, 5) is 35.0. The molecule has 0 aromatic carbocycles. The van der Waals surface area contributed by atoms with E-state index in [0.29, 0.717) is 23.1 Å². The first-order valence-corrected chi connectivity index (χ1v) is 12.0. The number of ketones is 1. The molecule has 4 nitrogen and oxygen atoms in total. The van der Waals surface area contributed by atoms with Crippen LogP contribution >= 0.6 is 23.1 Å². The zero-order valence-corrected chi connectivity index (χ0v) is 17.6. The first kappa shape index (κ1) is 17.9. The van der Waals surface area contributed by atoms with E-state index in [0.717, 1.165) is 57.7 Å². The van der Waals surface area contributed by atoms with Crippen LogP contribution in [-0.2, 0) is 10.5 Å². The van der Waals surface area contributed by atoms with Crippen LogP contribution in [0.25, 0.3) is 10.2 Å². The van der Waals surface area contributed by atoms with Crippen molar-refractivity contribution < 1.29 is 4.79 Å². The zero-order chi connectivity index (χ0) is 18.8. The van der Waals surface area contributed by atoms with Gasteiger partial charge in [-0.15, -0.1) is 23.1 Å². The Labute approximate surface area is 167 Å². The van der Waals surface area contributed by atoms with Gasteiger partial charge in [0.15, 0.2) is 0 Å². The quantitative estimate of drug-likeness (QED) is 0.793. The Balaban J connectivity index is 1.27. The van der Waals surface area contributed by atoms with Crippen molar-refractivity contribution in [2.45, 2.75) is 58.1 Å². The van der Waals surface area contributed by atoms with Crippen LogP contribution in [0.5, 0.6) is 0 Å². The average Bonchev–Trinajstić information content (AvgIpc) is 2.88. The number of H-pyrrole nitrogens is 1. The van der Waals surface area contributed by atoms with Crippen LogP contribution in [0.2, 0.25) is 0 Å². The van der Waals surface area contributed by atoms with Crippen molar-refractivity contribution in [2.75, 3.05) is 5.75 Å². The van der Waals surface area contributed by atoms with Crippen molar-refractivity contribution in [3.8, 4) is 0 Å². The SMILES string of the molecule is Cc1sc2nc(CSCC(=O)C34CC5CC(CC(C5)C3)C4)[nH]c(=O)c2c1C. The highest BCUT2D eigenvalue weighted by atomic mass is 32.2. The lowest BCUT2D eigenvalue weighted by Crippen LogP contribution is -2.50. The highest BCUT2D eigenvalue weighted by Crippen LogP contribution is 2.60. The highest BCUT2D eigenvalue weighted by molar-refractivity contribution is 7.99. The maximum Gasteiger partial charge on any atom is 0.259 e. The number of thioether (sulfide) groups is 1. The topological polar surface area (TPSA) is 62.8 Å². The fraction of sp³-hybridized carbons (Fsp3) is 0.667. The fourth-order valence-corrected chi connectivity index (χ4v) is 8.19. The Morgan fingerprint density at radius 3 is 2.44 bits per heavy atom. The van der Waals surface area contributed by atoms with Crippen LogP contribution in [0.3, 0.4) is 0 Å². The molecule has 0 spiro atoms. The Hall–Kier alpha value is -1.14. The molecule has 0 radical (unpaired) electrons. The van der Waals surface area contributed by atoms with Gasteiger partial charge in [0.05, 0.1) is 16.9 Å². The zero-order valence-electron chi connectivity index (χ0n) is 16.0. The second-order valence-corrected chi connectivity index (χ2v) is 11.3. The molecule has 4 aliphatic carbocycles. The molecule has 2 aromatic rings. The minimum Gasteiger partial charge on any atom is -0.309 e. The average molecular weight is 403 g/mol. The van der Waals surface area contributed by atoms with Gasteiger partial charge in [0.25, 0.3) is 5.56 Å². The molecular weight excluding hydrogens is 376 g/mol. The maximum absolute atomic E-state index is 13.1. The molecule has 0 aliphatic heterocycles. The Morgan fingerprint density at radius 1 is 1.19 bits per heavy atom. The molecule has 6 heteroatoms. The normalized spacial score (nSPS) is 31.7. The van der Waals surface area contributed by atoms with Crippen molar-refractivity contribution >= 4 is 39.1 Å². The predicted molar refractivity (Wildman–Crippen MR) is 111 cm³/mol. The van der Waals surface area contributed by atoms with Crippen LogP contribution in [0, 0.1) is 37.0 Å². The summed E-state index contributed by atoms with van der Waals surface area (Å²) >= 11 is 3.19. The second kappa shape index (κ2) is 6.45. The van der Waals surface area contributed by atoms with Crippen molar-refractivity contribution in [1.29, 1.82) is 0 Å². The fourth-order valence-electron chi connectivity index (χ4n) is 6.21. The third kappa shape index (κ3) is 3.00. The third-order valence-corrected chi connectivity index (χ3v) is 9.23. The largest absolute Gasteiger partial charge is 0.309 e. The standard InChI is InChI=1S/C21H26N2O2S2/c1-11-12(2)27-20-18(11)19(25)22-17(23-20)10-26-9-16(24)21-6-13-3-14(7-21)5-15(4-13)8-21/h13-15H,3-10H2,1-2H3,(H,22,23,25). The molecule has 4 fully saturated rings. The number of aryl methyl sites for hydroxylation is 2.